The Labute approximate surface area is 311 Å². The average Bonchev–Trinajstić information content (AvgIpc) is 3.64. The highest BCUT2D eigenvalue weighted by molar-refractivity contribution is 7.87. The Balaban J connectivity index is 1.73. The zero-order chi connectivity index (χ0) is 38.9. The van der Waals surface area contributed by atoms with E-state index in [1.54, 1.807) is 35.8 Å². The fourth-order valence-corrected chi connectivity index (χ4v) is 8.97. The molecular formula is C37H48N4O9S3. The lowest BCUT2D eigenvalue weighted by Gasteiger charge is -2.19. The molecule has 0 aliphatic rings. The van der Waals surface area contributed by atoms with Crippen LogP contribution in [-0.4, -0.2) is 58.0 Å². The van der Waals surface area contributed by atoms with Crippen molar-refractivity contribution in [2.45, 2.75) is 114 Å². The van der Waals surface area contributed by atoms with Crippen LogP contribution in [0.3, 0.4) is 0 Å². The molecule has 13 nitrogen and oxygen atoms in total. The Hall–Kier alpha value is -3.67. The van der Waals surface area contributed by atoms with E-state index in [9.17, 15) is 38.9 Å². The molecule has 0 radical (unpaired) electrons. The Morgan fingerprint density at radius 2 is 1.02 bits per heavy atom. The summed E-state index contributed by atoms with van der Waals surface area (Å²) in [6, 6.07) is 12.3. The van der Waals surface area contributed by atoms with Crippen LogP contribution in [0.5, 0.6) is 0 Å². The van der Waals surface area contributed by atoms with Crippen molar-refractivity contribution >= 4 is 52.4 Å². The number of hydrogen-bond donors (Lipinski definition) is 3. The summed E-state index contributed by atoms with van der Waals surface area (Å²) < 4.78 is 109. The molecule has 0 spiro atoms. The van der Waals surface area contributed by atoms with E-state index in [2.05, 4.69) is 25.8 Å². The highest BCUT2D eigenvalue weighted by Gasteiger charge is 2.28. The van der Waals surface area contributed by atoms with Crippen molar-refractivity contribution in [3.63, 3.8) is 0 Å². The second kappa shape index (κ2) is 16.0. The Morgan fingerprint density at radius 1 is 0.604 bits per heavy atom. The molecule has 3 N–H and O–H groups in total. The predicted octanol–water partition coefficient (Wildman–Crippen LogP) is 8.20. The van der Waals surface area contributed by atoms with Crippen LogP contribution in [0.25, 0.3) is 44.8 Å². The zero-order valence-corrected chi connectivity index (χ0v) is 33.1. The van der Waals surface area contributed by atoms with Crippen molar-refractivity contribution in [1.29, 1.82) is 0 Å². The van der Waals surface area contributed by atoms with Gasteiger partial charge in [-0.15, -0.1) is 0 Å². The van der Waals surface area contributed by atoms with Gasteiger partial charge in [0.15, 0.2) is 0 Å². The lowest BCUT2D eigenvalue weighted by molar-refractivity contribution is 0.397. The van der Waals surface area contributed by atoms with Crippen molar-refractivity contribution < 1.29 is 38.9 Å². The molecule has 16 heteroatoms. The quantitative estimate of drug-likeness (QED) is 0.0768. The van der Waals surface area contributed by atoms with Gasteiger partial charge in [0, 0.05) is 24.2 Å². The molecule has 3 aromatic carbocycles. The molecule has 2 unspecified atom stereocenters. The minimum absolute atomic E-state index is 0.119. The van der Waals surface area contributed by atoms with E-state index in [1.807, 2.05) is 17.6 Å². The Kier molecular flexibility index (Phi) is 12.2. The number of nitrogens with zero attached hydrogens (tertiary/aromatic N) is 4. The number of fused-ring (bicyclic) bond motifs is 2. The lowest BCUT2D eigenvalue weighted by Crippen LogP contribution is -2.12. The number of imidazole rings is 2. The monoisotopic (exact) mass is 788 g/mol. The van der Waals surface area contributed by atoms with Crippen LogP contribution < -0.4 is 0 Å². The summed E-state index contributed by atoms with van der Waals surface area (Å²) >= 11 is 0. The first-order valence-corrected chi connectivity index (χ1v) is 22.3. The van der Waals surface area contributed by atoms with E-state index in [-0.39, 0.29) is 33.3 Å². The maximum atomic E-state index is 12.5. The molecule has 2 aromatic heterocycles. The summed E-state index contributed by atoms with van der Waals surface area (Å²) in [6.45, 7) is 11.0. The highest BCUT2D eigenvalue weighted by Crippen LogP contribution is 2.36. The standard InChI is InChI=1S/C37H48N4O9S3/c1-6-10-12-25(8-3)22-40-30-18-24(5)19-32(52(45,46)47)34(30)38-36(40)27-14-16-28(17-15-27)37-39-35-31(41(37)23-26(9-4)13-11-7-2)20-29(51(42,43)44)21-33(35)53(48,49)50/h14-21,25-26H,6-13,22-23H2,1-5H3,(H,42,43,44)(H,45,46,47)(H,48,49,50). The van der Waals surface area contributed by atoms with E-state index in [4.69, 9.17) is 4.98 Å². The third kappa shape index (κ3) is 8.84. The lowest BCUT2D eigenvalue weighted by atomic mass is 9.99. The second-order valence-electron chi connectivity index (χ2n) is 13.8. The molecular weight excluding hydrogens is 741 g/mol. The van der Waals surface area contributed by atoms with Crippen molar-refractivity contribution in [2.24, 2.45) is 11.8 Å². The first kappa shape index (κ1) is 40.5. The van der Waals surface area contributed by atoms with Gasteiger partial charge in [0.25, 0.3) is 30.4 Å². The van der Waals surface area contributed by atoms with Crippen LogP contribution in [0.4, 0.5) is 0 Å². The Bertz CT molecular complexity index is 2450. The van der Waals surface area contributed by atoms with E-state index in [0.717, 1.165) is 57.4 Å². The first-order chi connectivity index (χ1) is 24.9. The smallest absolute Gasteiger partial charge is 0.296 e. The van der Waals surface area contributed by atoms with Crippen LogP contribution in [0, 0.1) is 18.8 Å². The molecule has 2 heterocycles. The van der Waals surface area contributed by atoms with Crippen molar-refractivity contribution in [3.8, 4) is 22.8 Å². The number of hydrogen-bond acceptors (Lipinski definition) is 8. The number of aromatic nitrogens is 4. The first-order valence-electron chi connectivity index (χ1n) is 18.0. The van der Waals surface area contributed by atoms with E-state index in [0.29, 0.717) is 53.0 Å². The molecule has 2 atom stereocenters. The summed E-state index contributed by atoms with van der Waals surface area (Å²) in [4.78, 5) is 7.74. The fourth-order valence-electron chi connectivity index (χ4n) is 6.96. The third-order valence-electron chi connectivity index (χ3n) is 9.98. The second-order valence-corrected chi connectivity index (χ2v) is 18.0. The van der Waals surface area contributed by atoms with Gasteiger partial charge in [-0.2, -0.15) is 25.3 Å². The van der Waals surface area contributed by atoms with Gasteiger partial charge in [0.05, 0.1) is 15.9 Å². The third-order valence-corrected chi connectivity index (χ3v) is 12.5. The molecule has 0 saturated carbocycles. The summed E-state index contributed by atoms with van der Waals surface area (Å²) in [5.74, 6) is 1.22. The zero-order valence-electron chi connectivity index (χ0n) is 30.6. The van der Waals surface area contributed by atoms with E-state index >= 15 is 0 Å². The minimum atomic E-state index is -4.96. The highest BCUT2D eigenvalue weighted by atomic mass is 32.2. The van der Waals surface area contributed by atoms with Crippen LogP contribution in [-0.2, 0) is 43.4 Å². The largest absolute Gasteiger partial charge is 0.324 e. The minimum Gasteiger partial charge on any atom is -0.324 e. The Morgan fingerprint density at radius 3 is 1.40 bits per heavy atom. The molecule has 0 aliphatic carbocycles. The van der Waals surface area contributed by atoms with Crippen LogP contribution in [0.2, 0.25) is 0 Å². The van der Waals surface area contributed by atoms with Crippen LogP contribution in [0.1, 0.15) is 84.6 Å². The molecule has 5 rings (SSSR count). The average molecular weight is 789 g/mol. The van der Waals surface area contributed by atoms with Gasteiger partial charge in [-0.25, -0.2) is 9.97 Å². The van der Waals surface area contributed by atoms with Crippen LogP contribution in [0.15, 0.2) is 63.2 Å². The molecule has 5 aromatic rings. The SMILES string of the molecule is CCCCC(CC)Cn1c(-c2ccc(-c3nc4c(S(=O)(=O)O)cc(S(=O)(=O)O)cc4n3CC(CC)CCCC)cc2)nc2c(S(=O)(=O)O)cc(C)cc21. The maximum Gasteiger partial charge on any atom is 0.296 e. The number of rotatable bonds is 17. The number of unbranched alkanes of at least 4 members (excludes halogenated alkanes) is 2. The summed E-state index contributed by atoms with van der Waals surface area (Å²) in [5, 5.41) is 0. The predicted molar refractivity (Wildman–Crippen MR) is 205 cm³/mol. The molecule has 288 valence electrons. The molecule has 0 bridgehead atoms. The molecule has 0 amide bonds. The molecule has 0 saturated heterocycles. The fraction of sp³-hybridized carbons (Fsp3) is 0.459. The number of aryl methyl sites for hydroxylation is 1. The topological polar surface area (TPSA) is 199 Å². The van der Waals surface area contributed by atoms with Crippen molar-refractivity contribution in [2.75, 3.05) is 0 Å². The van der Waals surface area contributed by atoms with Crippen molar-refractivity contribution in [1.82, 2.24) is 19.1 Å². The number of benzene rings is 3. The van der Waals surface area contributed by atoms with Gasteiger partial charge in [0.2, 0.25) is 0 Å². The van der Waals surface area contributed by atoms with Crippen molar-refractivity contribution in [3.05, 3.63) is 54.1 Å². The van der Waals surface area contributed by atoms with Gasteiger partial charge >= 0.3 is 0 Å². The van der Waals surface area contributed by atoms with E-state index < -0.39 is 40.1 Å². The van der Waals surface area contributed by atoms with Gasteiger partial charge in [-0.3, -0.25) is 13.7 Å². The van der Waals surface area contributed by atoms with Gasteiger partial charge in [-0.1, -0.05) is 90.5 Å². The van der Waals surface area contributed by atoms with Gasteiger partial charge in [-0.05, 0) is 61.4 Å². The molecule has 0 fully saturated rings. The molecule has 53 heavy (non-hydrogen) atoms. The summed E-state index contributed by atoms with van der Waals surface area (Å²) in [5.41, 5.74) is 2.58. The molecule has 0 aliphatic heterocycles. The van der Waals surface area contributed by atoms with E-state index in [1.165, 1.54) is 6.07 Å². The van der Waals surface area contributed by atoms with Gasteiger partial charge in [0.1, 0.15) is 32.5 Å². The summed E-state index contributed by atoms with van der Waals surface area (Å²) in [7, 11) is -14.4. The summed E-state index contributed by atoms with van der Waals surface area (Å²) in [6.07, 6.45) is 7.47. The maximum absolute atomic E-state index is 12.5. The van der Waals surface area contributed by atoms with Crippen LogP contribution >= 0.6 is 0 Å². The normalized spacial score (nSPS) is 14.0. The van der Waals surface area contributed by atoms with Gasteiger partial charge < -0.3 is 9.13 Å².